The molecule has 3 fully saturated rings. The van der Waals surface area contributed by atoms with Crippen LogP contribution in [-0.4, -0.2) is 46.4 Å². The molecule has 0 spiro atoms. The fraction of sp³-hybridized carbons (Fsp3) is 0.667. The smallest absolute Gasteiger partial charge is 0.332 e. The van der Waals surface area contributed by atoms with Gasteiger partial charge in [0, 0.05) is 12.6 Å². The monoisotopic (exact) mass is 268 g/mol. The van der Waals surface area contributed by atoms with E-state index in [0.717, 1.165) is 18.9 Å². The van der Waals surface area contributed by atoms with Gasteiger partial charge in [-0.3, -0.25) is 0 Å². The molecule has 0 aliphatic carbocycles. The Morgan fingerprint density at radius 3 is 2.89 bits per heavy atom. The van der Waals surface area contributed by atoms with Crippen LogP contribution in [0.15, 0.2) is 12.4 Å². The van der Waals surface area contributed by atoms with Crippen molar-refractivity contribution < 1.29 is 4.79 Å². The summed E-state index contributed by atoms with van der Waals surface area (Å²) in [6.07, 6.45) is 6.61. The van der Waals surface area contributed by atoms with E-state index in [9.17, 15) is 4.79 Å². The van der Waals surface area contributed by atoms with E-state index in [1.165, 1.54) is 43.0 Å². The first-order chi connectivity index (χ1) is 8.70. The fourth-order valence-electron chi connectivity index (χ4n) is 2.95. The van der Waals surface area contributed by atoms with E-state index >= 15 is 0 Å². The average molecular weight is 269 g/mol. The maximum Gasteiger partial charge on any atom is 0.342 e. The lowest BCUT2D eigenvalue weighted by atomic mass is 9.94. The Balaban J connectivity index is 1.64. The number of nitrogens with zero attached hydrogens (tertiary/aromatic N) is 3. The summed E-state index contributed by atoms with van der Waals surface area (Å²) in [5.41, 5.74) is 0. The minimum absolute atomic E-state index is 0.186. The topological polar surface area (TPSA) is 50.2 Å². The zero-order chi connectivity index (χ0) is 12.5. The Labute approximate surface area is 111 Å². The number of hydrogen-bond donors (Lipinski definition) is 1. The quantitative estimate of drug-likeness (QED) is 0.841. The standard InChI is InChI=1S/C12H17ClN4O/c13-10-6-14-17(7-10)12(18)15-11-5-9-1-3-16(8-11)4-2-9/h6-7,9,11H,1-5,8H2,(H,15,18). The summed E-state index contributed by atoms with van der Waals surface area (Å²) in [7, 11) is 0. The summed E-state index contributed by atoms with van der Waals surface area (Å²) >= 11 is 5.76. The maximum absolute atomic E-state index is 12.0. The van der Waals surface area contributed by atoms with E-state index in [0.29, 0.717) is 5.02 Å². The zero-order valence-corrected chi connectivity index (χ0v) is 10.9. The van der Waals surface area contributed by atoms with Crippen LogP contribution in [-0.2, 0) is 0 Å². The molecule has 98 valence electrons. The van der Waals surface area contributed by atoms with Gasteiger partial charge in [-0.25, -0.2) is 4.79 Å². The fourth-order valence-corrected chi connectivity index (χ4v) is 3.09. The van der Waals surface area contributed by atoms with E-state index in [2.05, 4.69) is 15.3 Å². The Hall–Kier alpha value is -1.07. The lowest BCUT2D eigenvalue weighted by Crippen LogP contribution is -2.43. The second-order valence-electron chi connectivity index (χ2n) is 5.23. The number of carbonyl (C=O) groups excluding carboxylic acids is 1. The van der Waals surface area contributed by atoms with Crippen molar-refractivity contribution in [1.29, 1.82) is 0 Å². The van der Waals surface area contributed by atoms with Gasteiger partial charge in [0.1, 0.15) is 0 Å². The van der Waals surface area contributed by atoms with Crippen LogP contribution in [0.5, 0.6) is 0 Å². The number of amides is 1. The molecule has 4 rings (SSSR count). The molecule has 1 amide bonds. The zero-order valence-electron chi connectivity index (χ0n) is 10.2. The second kappa shape index (κ2) is 4.90. The van der Waals surface area contributed by atoms with Crippen molar-refractivity contribution in [3.05, 3.63) is 17.4 Å². The third-order valence-electron chi connectivity index (χ3n) is 3.89. The SMILES string of the molecule is O=C(NC1CC2CCN(CC2)C1)n1cc(Cl)cn1. The van der Waals surface area contributed by atoms with Crippen molar-refractivity contribution in [2.24, 2.45) is 5.92 Å². The number of carbonyl (C=O) groups is 1. The molecule has 1 N–H and O–H groups in total. The van der Waals surface area contributed by atoms with Crippen LogP contribution >= 0.6 is 11.6 Å². The first-order valence-corrected chi connectivity index (χ1v) is 6.82. The lowest BCUT2D eigenvalue weighted by Gasteiger charge is -2.26. The number of piperidine rings is 1. The first kappa shape index (κ1) is 12.0. The Kier molecular flexibility index (Phi) is 3.26. The van der Waals surface area contributed by atoms with E-state index < -0.39 is 0 Å². The molecule has 0 radical (unpaired) electrons. The van der Waals surface area contributed by atoms with Gasteiger partial charge in [-0.05, 0) is 38.3 Å². The second-order valence-corrected chi connectivity index (χ2v) is 5.67. The number of hydrogen-bond acceptors (Lipinski definition) is 3. The molecule has 4 heterocycles. The van der Waals surface area contributed by atoms with Gasteiger partial charge in [-0.1, -0.05) is 11.6 Å². The molecule has 18 heavy (non-hydrogen) atoms. The highest BCUT2D eigenvalue weighted by molar-refractivity contribution is 6.30. The third-order valence-corrected chi connectivity index (χ3v) is 4.09. The Bertz CT molecular complexity index is 425. The summed E-state index contributed by atoms with van der Waals surface area (Å²) in [5.74, 6) is 0.759. The molecule has 5 nitrogen and oxygen atoms in total. The minimum atomic E-state index is -0.186. The van der Waals surface area contributed by atoms with Crippen molar-refractivity contribution in [2.75, 3.05) is 19.6 Å². The molecule has 1 aromatic heterocycles. The lowest BCUT2D eigenvalue weighted by molar-refractivity contribution is 0.216. The van der Waals surface area contributed by atoms with Gasteiger partial charge >= 0.3 is 6.03 Å². The van der Waals surface area contributed by atoms with E-state index in [1.807, 2.05) is 0 Å². The van der Waals surface area contributed by atoms with Crippen molar-refractivity contribution in [2.45, 2.75) is 25.3 Å². The van der Waals surface area contributed by atoms with Gasteiger partial charge in [0.05, 0.1) is 17.4 Å². The molecule has 0 aromatic carbocycles. The number of aromatic nitrogens is 2. The van der Waals surface area contributed by atoms with E-state index in [4.69, 9.17) is 11.6 Å². The number of nitrogens with one attached hydrogen (secondary N) is 1. The van der Waals surface area contributed by atoms with Crippen LogP contribution in [0, 0.1) is 5.92 Å². The van der Waals surface area contributed by atoms with Crippen molar-refractivity contribution in [3.8, 4) is 0 Å². The van der Waals surface area contributed by atoms with Gasteiger partial charge in [-0.2, -0.15) is 9.78 Å². The molecule has 1 aromatic rings. The summed E-state index contributed by atoms with van der Waals surface area (Å²) < 4.78 is 1.27. The highest BCUT2D eigenvalue weighted by Crippen LogP contribution is 2.26. The van der Waals surface area contributed by atoms with Crippen LogP contribution in [0.4, 0.5) is 4.79 Å². The van der Waals surface area contributed by atoms with Crippen molar-refractivity contribution in [1.82, 2.24) is 20.0 Å². The molecular weight excluding hydrogens is 252 g/mol. The van der Waals surface area contributed by atoms with Gasteiger partial charge < -0.3 is 10.2 Å². The van der Waals surface area contributed by atoms with Gasteiger partial charge in [-0.15, -0.1) is 0 Å². The molecule has 2 bridgehead atoms. The summed E-state index contributed by atoms with van der Waals surface area (Å²) in [4.78, 5) is 14.4. The molecule has 6 heteroatoms. The molecule has 3 saturated heterocycles. The predicted molar refractivity (Wildman–Crippen MR) is 68.7 cm³/mol. The minimum Gasteiger partial charge on any atom is -0.332 e. The molecule has 0 saturated carbocycles. The summed E-state index contributed by atoms with van der Waals surface area (Å²) in [5, 5.41) is 7.45. The molecule has 1 unspecified atom stereocenters. The van der Waals surface area contributed by atoms with Gasteiger partial charge in [0.15, 0.2) is 0 Å². The van der Waals surface area contributed by atoms with Crippen molar-refractivity contribution >= 4 is 17.6 Å². The maximum atomic E-state index is 12.0. The highest BCUT2D eigenvalue weighted by Gasteiger charge is 2.30. The molecular formula is C12H17ClN4O. The first-order valence-electron chi connectivity index (χ1n) is 6.44. The molecule has 3 aliphatic heterocycles. The molecule has 1 atom stereocenters. The van der Waals surface area contributed by atoms with Crippen molar-refractivity contribution in [3.63, 3.8) is 0 Å². The number of fused-ring (bicyclic) bond motifs is 4. The largest absolute Gasteiger partial charge is 0.342 e. The average Bonchev–Trinajstić information content (AvgIpc) is 2.59. The molecule has 3 aliphatic rings. The Morgan fingerprint density at radius 1 is 1.44 bits per heavy atom. The van der Waals surface area contributed by atoms with Crippen LogP contribution in [0.1, 0.15) is 19.3 Å². The summed E-state index contributed by atoms with van der Waals surface area (Å²) in [6.45, 7) is 3.30. The Morgan fingerprint density at radius 2 is 2.22 bits per heavy atom. The normalized spacial score (nSPS) is 31.1. The predicted octanol–water partition coefficient (Wildman–Crippen LogP) is 1.58. The van der Waals surface area contributed by atoms with E-state index in [-0.39, 0.29) is 12.1 Å². The van der Waals surface area contributed by atoms with Gasteiger partial charge in [0.2, 0.25) is 0 Å². The third kappa shape index (κ3) is 2.52. The van der Waals surface area contributed by atoms with Crippen LogP contribution < -0.4 is 5.32 Å². The number of rotatable bonds is 1. The summed E-state index contributed by atoms with van der Waals surface area (Å²) in [6, 6.07) is 0.0462. The van der Waals surface area contributed by atoms with Crippen LogP contribution in [0.2, 0.25) is 5.02 Å². The van der Waals surface area contributed by atoms with Gasteiger partial charge in [0.25, 0.3) is 0 Å². The van der Waals surface area contributed by atoms with Crippen LogP contribution in [0.3, 0.4) is 0 Å². The van der Waals surface area contributed by atoms with E-state index in [1.54, 1.807) is 0 Å². The highest BCUT2D eigenvalue weighted by atomic mass is 35.5. The van der Waals surface area contributed by atoms with Crippen LogP contribution in [0.25, 0.3) is 0 Å². The number of halogens is 1.